The van der Waals surface area contributed by atoms with Crippen LogP contribution in [0.15, 0.2) is 60.8 Å². The first kappa shape index (κ1) is 23.3. The number of hydrogen-bond donors (Lipinski definition) is 1. The van der Waals surface area contributed by atoms with Crippen molar-refractivity contribution >= 4 is 51.9 Å². The van der Waals surface area contributed by atoms with Crippen LogP contribution < -0.4 is 5.32 Å². The highest BCUT2D eigenvalue weighted by atomic mass is 35.5. The second-order valence-electron chi connectivity index (χ2n) is 7.37. The van der Waals surface area contributed by atoms with E-state index in [0.717, 1.165) is 23.0 Å². The monoisotopic (exact) mass is 536 g/mol. The molecule has 0 unspecified atom stereocenters. The molecule has 5 rings (SSSR count). The zero-order valence-corrected chi connectivity index (χ0v) is 19.8. The number of fused-ring (bicyclic) bond motifs is 1. The molecule has 0 saturated carbocycles. The van der Waals surface area contributed by atoms with Crippen LogP contribution in [-0.2, 0) is 12.7 Å². The van der Waals surface area contributed by atoms with Crippen LogP contribution in [0.5, 0.6) is 0 Å². The van der Waals surface area contributed by atoms with Gasteiger partial charge in [0.05, 0.1) is 21.5 Å². The highest BCUT2D eigenvalue weighted by Gasteiger charge is 2.36. The van der Waals surface area contributed by atoms with E-state index < -0.39 is 17.8 Å². The van der Waals surface area contributed by atoms with Crippen molar-refractivity contribution in [1.82, 2.24) is 24.4 Å². The first-order valence-corrected chi connectivity index (χ1v) is 11.6. The number of nitrogens with one attached hydrogen (secondary N) is 1. The molecule has 1 N–H and O–H groups in total. The van der Waals surface area contributed by atoms with E-state index in [9.17, 15) is 18.0 Å². The van der Waals surface area contributed by atoms with Gasteiger partial charge in [-0.05, 0) is 29.8 Å². The average molecular weight is 537 g/mol. The summed E-state index contributed by atoms with van der Waals surface area (Å²) in [6.45, 7) is 0.373. The summed E-state index contributed by atoms with van der Waals surface area (Å²) < 4.78 is 43.8. The van der Waals surface area contributed by atoms with Gasteiger partial charge in [0.2, 0.25) is 0 Å². The summed E-state index contributed by atoms with van der Waals surface area (Å²) in [6.07, 6.45) is -3.08. The molecule has 0 spiro atoms. The molecule has 0 aliphatic heterocycles. The lowest BCUT2D eigenvalue weighted by Crippen LogP contribution is -2.16. The quantitative estimate of drug-likeness (QED) is 0.286. The number of thiophene rings is 1. The fourth-order valence-electron chi connectivity index (χ4n) is 3.36. The molecule has 4 heterocycles. The number of benzene rings is 1. The summed E-state index contributed by atoms with van der Waals surface area (Å²) in [7, 11) is 0. The van der Waals surface area contributed by atoms with E-state index in [2.05, 4.69) is 20.5 Å². The molecule has 0 atom stereocenters. The van der Waals surface area contributed by atoms with Gasteiger partial charge >= 0.3 is 6.18 Å². The number of carbonyl (C=O) groups excluding carboxylic acids is 1. The zero-order chi connectivity index (χ0) is 24.7. The van der Waals surface area contributed by atoms with Gasteiger partial charge in [-0.15, -0.1) is 11.3 Å². The zero-order valence-electron chi connectivity index (χ0n) is 17.4. The Morgan fingerprint density at radius 3 is 2.57 bits per heavy atom. The van der Waals surface area contributed by atoms with E-state index in [-0.39, 0.29) is 22.9 Å². The fourth-order valence-corrected chi connectivity index (χ4v) is 4.56. The smallest absolute Gasteiger partial charge is 0.304 e. The first-order valence-electron chi connectivity index (χ1n) is 9.99. The lowest BCUT2D eigenvalue weighted by atomic mass is 10.2. The van der Waals surface area contributed by atoms with Crippen LogP contribution >= 0.6 is 34.5 Å². The highest BCUT2D eigenvalue weighted by molar-refractivity contribution is 7.19. The SMILES string of the molecule is O=C(Nc1ccn(Cc2ccccc2Cl)n1)c1cc2nc(-c3ccc(Cl)s3)cc(C(F)(F)F)n2n1. The second-order valence-corrected chi connectivity index (χ2v) is 9.49. The van der Waals surface area contributed by atoms with Crippen LogP contribution in [0.1, 0.15) is 21.7 Å². The summed E-state index contributed by atoms with van der Waals surface area (Å²) >= 11 is 13.2. The summed E-state index contributed by atoms with van der Waals surface area (Å²) in [5.74, 6) is -0.524. The number of nitrogens with zero attached hydrogens (tertiary/aromatic N) is 5. The van der Waals surface area contributed by atoms with Gasteiger partial charge < -0.3 is 5.32 Å². The average Bonchev–Trinajstić information content (AvgIpc) is 3.53. The van der Waals surface area contributed by atoms with E-state index >= 15 is 0 Å². The maximum Gasteiger partial charge on any atom is 0.433 e. The van der Waals surface area contributed by atoms with Gasteiger partial charge in [0.1, 0.15) is 0 Å². The van der Waals surface area contributed by atoms with Crippen LogP contribution in [0.25, 0.3) is 16.2 Å². The van der Waals surface area contributed by atoms with Gasteiger partial charge in [0, 0.05) is 23.4 Å². The van der Waals surface area contributed by atoms with Crippen molar-refractivity contribution in [3.8, 4) is 10.6 Å². The summed E-state index contributed by atoms with van der Waals surface area (Å²) in [5, 5.41) is 11.2. The second kappa shape index (κ2) is 8.99. The number of aromatic nitrogens is 5. The van der Waals surface area contributed by atoms with Gasteiger partial charge in [0.25, 0.3) is 5.91 Å². The number of alkyl halides is 3. The van der Waals surface area contributed by atoms with Crippen molar-refractivity contribution in [1.29, 1.82) is 0 Å². The number of anilines is 1. The maximum atomic E-state index is 13.8. The van der Waals surface area contributed by atoms with Gasteiger partial charge in [-0.1, -0.05) is 41.4 Å². The Morgan fingerprint density at radius 2 is 1.86 bits per heavy atom. The molecule has 7 nitrogen and oxygen atoms in total. The molecule has 5 aromatic rings. The molecule has 178 valence electrons. The molecule has 0 bridgehead atoms. The molecule has 13 heteroatoms. The predicted molar refractivity (Wildman–Crippen MR) is 127 cm³/mol. The standard InChI is InChI=1S/C22H13Cl2F3N6OS/c23-13-4-2-1-3-12(13)11-32-8-7-19(31-32)29-21(34)15-10-20-28-14(16-5-6-18(24)35-16)9-17(22(25,26)27)33(20)30-15/h1-10H,11H2,(H,29,31,34). The molecule has 0 radical (unpaired) electrons. The minimum absolute atomic E-state index is 0.0758. The number of hydrogen-bond acceptors (Lipinski definition) is 5. The van der Waals surface area contributed by atoms with Crippen LogP contribution in [-0.4, -0.2) is 30.3 Å². The molecule has 4 aromatic heterocycles. The van der Waals surface area contributed by atoms with Crippen molar-refractivity contribution in [2.45, 2.75) is 12.7 Å². The Labute approximate surface area is 209 Å². The van der Waals surface area contributed by atoms with Crippen molar-refractivity contribution < 1.29 is 18.0 Å². The molecule has 1 aromatic carbocycles. The van der Waals surface area contributed by atoms with Crippen LogP contribution in [0.2, 0.25) is 9.36 Å². The lowest BCUT2D eigenvalue weighted by molar-refractivity contribution is -0.142. The molecule has 35 heavy (non-hydrogen) atoms. The van der Waals surface area contributed by atoms with E-state index in [1.165, 1.54) is 6.07 Å². The van der Waals surface area contributed by atoms with Crippen LogP contribution in [0.4, 0.5) is 19.0 Å². The fraction of sp³-hybridized carbons (Fsp3) is 0.0909. The first-order chi connectivity index (χ1) is 16.7. The summed E-state index contributed by atoms with van der Waals surface area (Å²) in [5.41, 5.74) is -0.528. The predicted octanol–water partition coefficient (Wildman–Crippen LogP) is 6.28. The van der Waals surface area contributed by atoms with Gasteiger partial charge in [0.15, 0.2) is 22.9 Å². The van der Waals surface area contributed by atoms with E-state index in [1.807, 2.05) is 18.2 Å². The van der Waals surface area contributed by atoms with Gasteiger partial charge in [-0.25, -0.2) is 9.50 Å². The van der Waals surface area contributed by atoms with Crippen LogP contribution in [0.3, 0.4) is 0 Å². The molecule has 1 amide bonds. The largest absolute Gasteiger partial charge is 0.433 e. The number of carbonyl (C=O) groups is 1. The molecular formula is C22H13Cl2F3N6OS. The third-order valence-corrected chi connectivity index (χ3v) is 6.57. The topological polar surface area (TPSA) is 77.1 Å². The normalized spacial score (nSPS) is 11.8. The Kier molecular flexibility index (Phi) is 5.99. The highest BCUT2D eigenvalue weighted by Crippen LogP contribution is 2.35. The summed E-state index contributed by atoms with van der Waals surface area (Å²) in [6, 6.07) is 14.0. The van der Waals surface area contributed by atoms with Crippen LogP contribution in [0, 0.1) is 0 Å². The third-order valence-electron chi connectivity index (χ3n) is 4.95. The van der Waals surface area contributed by atoms with E-state index in [4.69, 9.17) is 23.2 Å². The minimum Gasteiger partial charge on any atom is -0.304 e. The van der Waals surface area contributed by atoms with E-state index in [1.54, 1.807) is 35.1 Å². The van der Waals surface area contributed by atoms with Crippen molar-refractivity contribution in [3.05, 3.63) is 87.1 Å². The molecule has 0 aliphatic carbocycles. The van der Waals surface area contributed by atoms with E-state index in [0.29, 0.717) is 25.3 Å². The summed E-state index contributed by atoms with van der Waals surface area (Å²) in [4.78, 5) is 17.4. The number of halogens is 5. The molecular weight excluding hydrogens is 524 g/mol. The maximum absolute atomic E-state index is 13.8. The van der Waals surface area contributed by atoms with Crippen molar-refractivity contribution in [3.63, 3.8) is 0 Å². The van der Waals surface area contributed by atoms with Crippen molar-refractivity contribution in [2.75, 3.05) is 5.32 Å². The minimum atomic E-state index is -4.73. The van der Waals surface area contributed by atoms with Crippen molar-refractivity contribution in [2.24, 2.45) is 0 Å². The number of amides is 1. The Bertz CT molecular complexity index is 1560. The Morgan fingerprint density at radius 1 is 1.06 bits per heavy atom. The Balaban J connectivity index is 1.42. The third kappa shape index (κ3) is 4.88. The molecule has 0 fully saturated rings. The lowest BCUT2D eigenvalue weighted by Gasteiger charge is -2.10. The van der Waals surface area contributed by atoms with Gasteiger partial charge in [-0.3, -0.25) is 9.48 Å². The number of rotatable bonds is 5. The molecule has 0 aliphatic rings. The Hall–Kier alpha value is -3.41. The van der Waals surface area contributed by atoms with Gasteiger partial charge in [-0.2, -0.15) is 23.4 Å². The molecule has 0 saturated heterocycles.